The zero-order valence-corrected chi connectivity index (χ0v) is 16.2. The molecule has 6 heteroatoms. The predicted molar refractivity (Wildman–Crippen MR) is 103 cm³/mol. The Morgan fingerprint density at radius 1 is 1.19 bits per heavy atom. The zero-order valence-electron chi connectivity index (χ0n) is 15.4. The Morgan fingerprint density at radius 2 is 2.00 bits per heavy atom. The topological polar surface area (TPSA) is 73.2 Å². The molecule has 148 valence electrons. The van der Waals surface area contributed by atoms with Gasteiger partial charge in [-0.3, -0.25) is 4.90 Å². The van der Waals surface area contributed by atoms with Gasteiger partial charge < -0.3 is 20.1 Å². The van der Waals surface area contributed by atoms with Gasteiger partial charge in [0.15, 0.2) is 11.5 Å². The number of nitrogens with zero attached hydrogens (tertiary/aromatic N) is 1. The van der Waals surface area contributed by atoms with Crippen molar-refractivity contribution in [1.29, 1.82) is 0 Å². The smallest absolute Gasteiger partial charge is 0.165 e. The molecule has 3 aliphatic carbocycles. The minimum Gasteiger partial charge on any atom is -0.504 e. The SMILES string of the molecule is Cl.Oc1ccc2c3c1O[C@H]1[C@@H](O)CC[C@@]4(O)C(C2)N(CC2CCC2)CCC314. The van der Waals surface area contributed by atoms with Crippen LogP contribution in [-0.4, -0.2) is 57.2 Å². The normalized spacial score (nSPS) is 41.9. The molecule has 5 atom stereocenters. The third kappa shape index (κ3) is 2.01. The van der Waals surface area contributed by atoms with E-state index < -0.39 is 23.2 Å². The number of aliphatic hydroxyl groups is 2. The molecule has 1 spiro atoms. The average Bonchev–Trinajstić information content (AvgIpc) is 2.93. The van der Waals surface area contributed by atoms with Crippen LogP contribution in [0.1, 0.15) is 49.7 Å². The number of hydrogen-bond donors (Lipinski definition) is 3. The molecule has 0 aromatic heterocycles. The molecule has 2 aliphatic heterocycles. The number of likely N-dealkylation sites (tertiary alicyclic amines) is 1. The molecule has 5 aliphatic rings. The Balaban J connectivity index is 0.00000160. The van der Waals surface area contributed by atoms with E-state index in [0.717, 1.165) is 37.4 Å². The Labute approximate surface area is 165 Å². The number of phenolic OH excluding ortho intramolecular Hbond substituents is 1. The molecule has 2 saturated carbocycles. The van der Waals surface area contributed by atoms with E-state index in [2.05, 4.69) is 4.90 Å². The number of aliphatic hydroxyl groups excluding tert-OH is 1. The molecule has 2 heterocycles. The van der Waals surface area contributed by atoms with Crippen molar-refractivity contribution in [3.63, 3.8) is 0 Å². The molecule has 2 bridgehead atoms. The molecule has 1 aromatic rings. The standard InChI is InChI=1S/C21H27NO4.ClH/c23-14-5-4-13-10-16-21(25)7-6-15(24)19-20(21,17(13)18(14)26-19)8-9-22(16)11-12-2-1-3-12;/h4-5,12,15-16,19,23-25H,1-3,6-11H2;1H/t15-,16?,19-,20?,21+;/m0./s1. The van der Waals surface area contributed by atoms with Crippen molar-refractivity contribution >= 4 is 12.4 Å². The largest absolute Gasteiger partial charge is 0.504 e. The number of hydrogen-bond acceptors (Lipinski definition) is 5. The Morgan fingerprint density at radius 3 is 2.74 bits per heavy atom. The summed E-state index contributed by atoms with van der Waals surface area (Å²) in [7, 11) is 0. The summed E-state index contributed by atoms with van der Waals surface area (Å²) in [6.07, 6.45) is 5.68. The van der Waals surface area contributed by atoms with Crippen LogP contribution < -0.4 is 4.74 Å². The second-order valence-electron chi connectivity index (χ2n) is 9.25. The first-order valence-electron chi connectivity index (χ1n) is 10.2. The fraction of sp³-hybridized carbons (Fsp3) is 0.714. The van der Waals surface area contributed by atoms with Crippen molar-refractivity contribution < 1.29 is 20.1 Å². The zero-order chi connectivity index (χ0) is 17.7. The van der Waals surface area contributed by atoms with Gasteiger partial charge in [0.1, 0.15) is 6.10 Å². The summed E-state index contributed by atoms with van der Waals surface area (Å²) in [5.74, 6) is 1.42. The third-order valence-electron chi connectivity index (χ3n) is 8.26. The summed E-state index contributed by atoms with van der Waals surface area (Å²) >= 11 is 0. The molecule has 0 radical (unpaired) electrons. The molecular formula is C21H28ClNO4. The number of ether oxygens (including phenoxy) is 1. The summed E-state index contributed by atoms with van der Waals surface area (Å²) in [4.78, 5) is 2.53. The number of halogens is 1. The minimum atomic E-state index is -0.884. The summed E-state index contributed by atoms with van der Waals surface area (Å²) in [6.45, 7) is 2.02. The van der Waals surface area contributed by atoms with Gasteiger partial charge in [-0.15, -0.1) is 12.4 Å². The fourth-order valence-electron chi connectivity index (χ4n) is 6.83. The van der Waals surface area contributed by atoms with Crippen LogP contribution in [0, 0.1) is 5.92 Å². The first kappa shape index (κ1) is 18.0. The highest BCUT2D eigenvalue weighted by atomic mass is 35.5. The molecule has 5 nitrogen and oxygen atoms in total. The van der Waals surface area contributed by atoms with E-state index in [-0.39, 0.29) is 24.2 Å². The second-order valence-corrected chi connectivity index (χ2v) is 9.25. The van der Waals surface area contributed by atoms with Crippen LogP contribution in [0.2, 0.25) is 0 Å². The first-order chi connectivity index (χ1) is 12.5. The summed E-state index contributed by atoms with van der Waals surface area (Å²) in [6, 6.07) is 3.80. The molecule has 1 aromatic carbocycles. The van der Waals surface area contributed by atoms with Gasteiger partial charge in [0.05, 0.1) is 17.1 Å². The van der Waals surface area contributed by atoms with Gasteiger partial charge in [-0.1, -0.05) is 12.5 Å². The van der Waals surface area contributed by atoms with Gasteiger partial charge >= 0.3 is 0 Å². The van der Waals surface area contributed by atoms with Gasteiger partial charge in [-0.2, -0.15) is 0 Å². The number of phenols is 1. The van der Waals surface area contributed by atoms with Crippen LogP contribution in [0.25, 0.3) is 0 Å². The van der Waals surface area contributed by atoms with Crippen LogP contribution in [-0.2, 0) is 11.8 Å². The Bertz CT molecular complexity index is 784. The van der Waals surface area contributed by atoms with E-state index in [0.29, 0.717) is 18.6 Å². The predicted octanol–water partition coefficient (Wildman–Crippen LogP) is 2.13. The van der Waals surface area contributed by atoms with Crippen LogP contribution in [0.15, 0.2) is 12.1 Å². The highest BCUT2D eigenvalue weighted by molar-refractivity contribution is 5.85. The van der Waals surface area contributed by atoms with E-state index >= 15 is 0 Å². The lowest BCUT2D eigenvalue weighted by atomic mass is 9.48. The quantitative estimate of drug-likeness (QED) is 0.717. The molecule has 6 rings (SSSR count). The van der Waals surface area contributed by atoms with E-state index in [9.17, 15) is 15.3 Å². The van der Waals surface area contributed by atoms with Crippen LogP contribution >= 0.6 is 12.4 Å². The number of rotatable bonds is 2. The maximum Gasteiger partial charge on any atom is 0.165 e. The van der Waals surface area contributed by atoms with E-state index in [1.54, 1.807) is 6.07 Å². The lowest BCUT2D eigenvalue weighted by molar-refractivity contribution is -0.209. The maximum atomic E-state index is 12.1. The van der Waals surface area contributed by atoms with Gasteiger partial charge in [-0.25, -0.2) is 0 Å². The molecule has 0 amide bonds. The molecule has 3 N–H and O–H groups in total. The fourth-order valence-corrected chi connectivity index (χ4v) is 6.83. The number of aromatic hydroxyl groups is 1. The van der Waals surface area contributed by atoms with Crippen molar-refractivity contribution in [2.24, 2.45) is 5.92 Å². The van der Waals surface area contributed by atoms with Crippen molar-refractivity contribution in [3.05, 3.63) is 23.3 Å². The minimum absolute atomic E-state index is 0. The van der Waals surface area contributed by atoms with Gasteiger partial charge in [0, 0.05) is 18.2 Å². The summed E-state index contributed by atoms with van der Waals surface area (Å²) in [5, 5.41) is 33.2. The Kier molecular flexibility index (Phi) is 3.85. The highest BCUT2D eigenvalue weighted by Crippen LogP contribution is 2.65. The molecular weight excluding hydrogens is 366 g/mol. The molecule has 1 saturated heterocycles. The average molecular weight is 394 g/mol. The molecule has 27 heavy (non-hydrogen) atoms. The summed E-state index contributed by atoms with van der Waals surface area (Å²) in [5.41, 5.74) is 0.712. The van der Waals surface area contributed by atoms with E-state index in [4.69, 9.17) is 4.74 Å². The molecule has 2 unspecified atom stereocenters. The third-order valence-corrected chi connectivity index (χ3v) is 8.26. The van der Waals surface area contributed by atoms with Gasteiger partial charge in [0.2, 0.25) is 0 Å². The van der Waals surface area contributed by atoms with Crippen molar-refractivity contribution in [3.8, 4) is 11.5 Å². The second kappa shape index (κ2) is 5.76. The number of benzene rings is 1. The van der Waals surface area contributed by atoms with Crippen molar-refractivity contribution in [2.45, 2.75) is 74.2 Å². The van der Waals surface area contributed by atoms with Crippen LogP contribution in [0.5, 0.6) is 11.5 Å². The Hall–Kier alpha value is -1.01. The van der Waals surface area contributed by atoms with Gasteiger partial charge in [0.25, 0.3) is 0 Å². The lowest BCUT2D eigenvalue weighted by Gasteiger charge is -2.64. The van der Waals surface area contributed by atoms with Crippen molar-refractivity contribution in [1.82, 2.24) is 4.90 Å². The maximum absolute atomic E-state index is 12.1. The lowest BCUT2D eigenvalue weighted by Crippen LogP contribution is -2.77. The van der Waals surface area contributed by atoms with Crippen LogP contribution in [0.3, 0.4) is 0 Å². The first-order valence-corrected chi connectivity index (χ1v) is 10.2. The monoisotopic (exact) mass is 393 g/mol. The van der Waals surface area contributed by atoms with E-state index in [1.807, 2.05) is 6.07 Å². The van der Waals surface area contributed by atoms with Gasteiger partial charge in [-0.05, 0) is 62.6 Å². The summed E-state index contributed by atoms with van der Waals surface area (Å²) < 4.78 is 6.16. The highest BCUT2D eigenvalue weighted by Gasteiger charge is 2.72. The number of piperidine rings is 1. The molecule has 3 fully saturated rings. The van der Waals surface area contributed by atoms with Crippen molar-refractivity contribution in [2.75, 3.05) is 13.1 Å². The van der Waals surface area contributed by atoms with Crippen LogP contribution in [0.4, 0.5) is 0 Å². The van der Waals surface area contributed by atoms with E-state index in [1.165, 1.54) is 24.8 Å².